The molecule has 1 saturated heterocycles. The molecule has 3 rings (SSSR count). The summed E-state index contributed by atoms with van der Waals surface area (Å²) in [7, 11) is 2.04. The van der Waals surface area contributed by atoms with Crippen molar-refractivity contribution in [2.45, 2.75) is 77.4 Å². The van der Waals surface area contributed by atoms with Gasteiger partial charge in [-0.05, 0) is 64.0 Å². The van der Waals surface area contributed by atoms with Crippen molar-refractivity contribution in [3.05, 3.63) is 0 Å². The summed E-state index contributed by atoms with van der Waals surface area (Å²) in [5.41, 5.74) is 0.260. The largest absolute Gasteiger partial charge is 0.378 e. The Balaban J connectivity index is 1.57. The Morgan fingerprint density at radius 1 is 1.33 bits per heavy atom. The standard InChI is InChI=1S/C20H36N2O2/c1-4-24-18-13-17(20(18)9-5-6-10-20)22(3)19(23)12-15(2)16-8-7-11-21-14-16/h15-18,21H,4-14H2,1-3H3. The second kappa shape index (κ2) is 7.74. The van der Waals surface area contributed by atoms with Crippen LogP contribution in [0.4, 0.5) is 0 Å². The monoisotopic (exact) mass is 336 g/mol. The molecule has 2 aliphatic carbocycles. The van der Waals surface area contributed by atoms with Crippen molar-refractivity contribution in [2.24, 2.45) is 17.3 Å². The molecule has 4 unspecified atom stereocenters. The molecule has 1 amide bonds. The van der Waals surface area contributed by atoms with E-state index < -0.39 is 0 Å². The molecule has 0 bridgehead atoms. The number of carbonyl (C=O) groups is 1. The summed E-state index contributed by atoms with van der Waals surface area (Å²) >= 11 is 0. The number of piperidine rings is 1. The lowest BCUT2D eigenvalue weighted by atomic mass is 9.60. The number of hydrogen-bond acceptors (Lipinski definition) is 3. The van der Waals surface area contributed by atoms with Crippen LogP contribution in [-0.2, 0) is 9.53 Å². The molecular weight excluding hydrogens is 300 g/mol. The number of carbonyl (C=O) groups excluding carboxylic acids is 1. The quantitative estimate of drug-likeness (QED) is 0.810. The van der Waals surface area contributed by atoms with E-state index in [1.54, 1.807) is 0 Å². The van der Waals surface area contributed by atoms with Crippen molar-refractivity contribution < 1.29 is 9.53 Å². The van der Waals surface area contributed by atoms with Crippen LogP contribution in [0.5, 0.6) is 0 Å². The van der Waals surface area contributed by atoms with Gasteiger partial charge in [0.2, 0.25) is 5.91 Å². The molecule has 4 nitrogen and oxygen atoms in total. The summed E-state index contributed by atoms with van der Waals surface area (Å²) in [6, 6.07) is 0.403. The van der Waals surface area contributed by atoms with Crippen LogP contribution in [0.15, 0.2) is 0 Å². The van der Waals surface area contributed by atoms with Gasteiger partial charge in [-0.15, -0.1) is 0 Å². The first-order chi connectivity index (χ1) is 11.6. The fourth-order valence-electron chi connectivity index (χ4n) is 5.52. The lowest BCUT2D eigenvalue weighted by molar-refractivity contribution is -0.173. The molecule has 0 radical (unpaired) electrons. The highest BCUT2D eigenvalue weighted by Crippen LogP contribution is 2.56. The Morgan fingerprint density at radius 3 is 2.71 bits per heavy atom. The van der Waals surface area contributed by atoms with Crippen molar-refractivity contribution in [1.29, 1.82) is 0 Å². The molecule has 3 fully saturated rings. The Hall–Kier alpha value is -0.610. The van der Waals surface area contributed by atoms with Gasteiger partial charge in [-0.1, -0.05) is 19.8 Å². The predicted octanol–water partition coefficient (Wildman–Crippen LogP) is 3.21. The Morgan fingerprint density at radius 2 is 2.08 bits per heavy atom. The maximum absolute atomic E-state index is 12.9. The molecule has 0 aromatic rings. The van der Waals surface area contributed by atoms with Crippen LogP contribution in [0, 0.1) is 17.3 Å². The maximum Gasteiger partial charge on any atom is 0.222 e. The highest BCUT2D eigenvalue weighted by atomic mass is 16.5. The molecule has 0 aromatic heterocycles. The van der Waals surface area contributed by atoms with E-state index in [4.69, 9.17) is 4.74 Å². The van der Waals surface area contributed by atoms with Gasteiger partial charge >= 0.3 is 0 Å². The van der Waals surface area contributed by atoms with E-state index in [2.05, 4.69) is 24.1 Å². The smallest absolute Gasteiger partial charge is 0.222 e. The first kappa shape index (κ1) is 18.2. The maximum atomic E-state index is 12.9. The lowest BCUT2D eigenvalue weighted by Gasteiger charge is -2.57. The minimum Gasteiger partial charge on any atom is -0.378 e. The Bertz CT molecular complexity index is 427. The molecule has 0 aromatic carbocycles. The van der Waals surface area contributed by atoms with Crippen LogP contribution in [0.2, 0.25) is 0 Å². The third kappa shape index (κ3) is 3.37. The van der Waals surface area contributed by atoms with Gasteiger partial charge in [0, 0.05) is 31.5 Å². The summed E-state index contributed by atoms with van der Waals surface area (Å²) < 4.78 is 6.01. The molecule has 3 aliphatic rings. The first-order valence-corrected chi connectivity index (χ1v) is 10.2. The minimum absolute atomic E-state index is 0.260. The zero-order valence-corrected chi connectivity index (χ0v) is 15.9. The predicted molar refractivity (Wildman–Crippen MR) is 96.9 cm³/mol. The van der Waals surface area contributed by atoms with E-state index in [9.17, 15) is 4.79 Å². The summed E-state index contributed by atoms with van der Waals surface area (Å²) in [5, 5.41) is 3.48. The van der Waals surface area contributed by atoms with E-state index in [0.29, 0.717) is 36.3 Å². The summed E-state index contributed by atoms with van der Waals surface area (Å²) in [5.74, 6) is 1.49. The number of amides is 1. The van der Waals surface area contributed by atoms with E-state index in [0.717, 1.165) is 26.1 Å². The van der Waals surface area contributed by atoms with Crippen LogP contribution >= 0.6 is 0 Å². The van der Waals surface area contributed by atoms with Crippen LogP contribution in [0.25, 0.3) is 0 Å². The number of rotatable bonds is 6. The second-order valence-electron chi connectivity index (χ2n) is 8.43. The van der Waals surface area contributed by atoms with Gasteiger partial charge in [0.25, 0.3) is 0 Å². The third-order valence-electron chi connectivity index (χ3n) is 7.14. The normalized spacial score (nSPS) is 33.2. The van der Waals surface area contributed by atoms with E-state index in [-0.39, 0.29) is 5.41 Å². The van der Waals surface area contributed by atoms with Crippen molar-refractivity contribution in [2.75, 3.05) is 26.7 Å². The first-order valence-electron chi connectivity index (χ1n) is 10.2. The number of hydrogen-bond donors (Lipinski definition) is 1. The van der Waals surface area contributed by atoms with Crippen molar-refractivity contribution in [3.63, 3.8) is 0 Å². The second-order valence-corrected chi connectivity index (χ2v) is 8.43. The highest BCUT2D eigenvalue weighted by molar-refractivity contribution is 5.76. The zero-order valence-electron chi connectivity index (χ0n) is 15.9. The molecule has 1 heterocycles. The van der Waals surface area contributed by atoms with E-state index in [1.807, 2.05) is 7.05 Å². The third-order valence-corrected chi connectivity index (χ3v) is 7.14. The number of nitrogens with one attached hydrogen (secondary N) is 1. The van der Waals surface area contributed by atoms with Crippen LogP contribution in [0.3, 0.4) is 0 Å². The average Bonchev–Trinajstić information content (AvgIpc) is 3.11. The fourth-order valence-corrected chi connectivity index (χ4v) is 5.52. The van der Waals surface area contributed by atoms with Crippen molar-refractivity contribution in [1.82, 2.24) is 10.2 Å². The highest BCUT2D eigenvalue weighted by Gasteiger charge is 2.58. The number of ether oxygens (including phenoxy) is 1. The number of nitrogens with zero attached hydrogens (tertiary/aromatic N) is 1. The summed E-state index contributed by atoms with van der Waals surface area (Å²) in [6.45, 7) is 7.37. The van der Waals surface area contributed by atoms with Crippen LogP contribution in [0.1, 0.15) is 65.2 Å². The van der Waals surface area contributed by atoms with Crippen LogP contribution < -0.4 is 5.32 Å². The minimum atomic E-state index is 0.260. The van der Waals surface area contributed by atoms with Crippen molar-refractivity contribution in [3.8, 4) is 0 Å². The van der Waals surface area contributed by atoms with Gasteiger partial charge in [-0.25, -0.2) is 0 Å². The van der Waals surface area contributed by atoms with E-state index >= 15 is 0 Å². The van der Waals surface area contributed by atoms with E-state index in [1.165, 1.54) is 38.5 Å². The van der Waals surface area contributed by atoms with Crippen LogP contribution in [-0.4, -0.2) is 49.7 Å². The molecule has 138 valence electrons. The van der Waals surface area contributed by atoms with Gasteiger partial charge in [0.15, 0.2) is 0 Å². The van der Waals surface area contributed by atoms with Gasteiger partial charge < -0.3 is 15.0 Å². The molecule has 24 heavy (non-hydrogen) atoms. The summed E-state index contributed by atoms with van der Waals surface area (Å²) in [6.07, 6.45) is 9.71. The van der Waals surface area contributed by atoms with Crippen molar-refractivity contribution >= 4 is 5.91 Å². The molecular formula is C20H36N2O2. The molecule has 1 aliphatic heterocycles. The van der Waals surface area contributed by atoms with Gasteiger partial charge in [-0.3, -0.25) is 4.79 Å². The van der Waals surface area contributed by atoms with Gasteiger partial charge in [0.05, 0.1) is 6.10 Å². The molecule has 1 spiro atoms. The van der Waals surface area contributed by atoms with Gasteiger partial charge in [-0.2, -0.15) is 0 Å². The molecule has 4 atom stereocenters. The Labute approximate surface area is 147 Å². The molecule has 4 heteroatoms. The topological polar surface area (TPSA) is 41.6 Å². The molecule has 2 saturated carbocycles. The average molecular weight is 337 g/mol. The Kier molecular flexibility index (Phi) is 5.86. The zero-order chi connectivity index (χ0) is 17.2. The fraction of sp³-hybridized carbons (Fsp3) is 0.950. The molecule has 1 N–H and O–H groups in total. The lowest BCUT2D eigenvalue weighted by Crippen LogP contribution is -2.64. The van der Waals surface area contributed by atoms with Gasteiger partial charge in [0.1, 0.15) is 0 Å². The SMILES string of the molecule is CCOC1CC(N(C)C(=O)CC(C)C2CCCNC2)C12CCCC2. The summed E-state index contributed by atoms with van der Waals surface area (Å²) in [4.78, 5) is 15.0.